The molecule has 2 heterocycles. The molecule has 0 unspecified atom stereocenters. The fraction of sp³-hybridized carbons (Fsp3) is 0.286. The van der Waals surface area contributed by atoms with Gasteiger partial charge in [-0.1, -0.05) is 11.6 Å². The van der Waals surface area contributed by atoms with Gasteiger partial charge in [-0.3, -0.25) is 4.98 Å². The minimum atomic E-state index is -0.484. The third kappa shape index (κ3) is 2.09. The number of carbonyl (C=O) groups excluding carboxylic acids is 1. The molecular weight excluding hydrogens is 282 g/mol. The monoisotopic (exact) mass is 293 g/mol. The van der Waals surface area contributed by atoms with Gasteiger partial charge in [-0.25, -0.2) is 4.79 Å². The molecule has 20 heavy (non-hydrogen) atoms. The molecule has 0 aliphatic carbocycles. The molecule has 0 radical (unpaired) electrons. The van der Waals surface area contributed by atoms with Gasteiger partial charge in [-0.05, 0) is 19.1 Å². The van der Waals surface area contributed by atoms with E-state index in [1.165, 1.54) is 6.20 Å². The first-order valence-corrected chi connectivity index (χ1v) is 6.58. The summed E-state index contributed by atoms with van der Waals surface area (Å²) < 4.78 is 15.7. The van der Waals surface area contributed by atoms with Gasteiger partial charge in [0.2, 0.25) is 0 Å². The molecule has 5 nitrogen and oxygen atoms in total. The van der Waals surface area contributed by atoms with Crippen LogP contribution in [0.3, 0.4) is 0 Å². The number of hydrogen-bond acceptors (Lipinski definition) is 5. The number of ether oxygens (including phenoxy) is 3. The van der Waals surface area contributed by atoms with Gasteiger partial charge < -0.3 is 14.2 Å². The summed E-state index contributed by atoms with van der Waals surface area (Å²) in [7, 11) is 0. The number of hydrogen-bond donors (Lipinski definition) is 0. The average molecular weight is 294 g/mol. The van der Waals surface area contributed by atoms with E-state index in [1.54, 1.807) is 13.0 Å². The lowest BCUT2D eigenvalue weighted by Gasteiger charge is -2.20. The SMILES string of the molecule is CCOC(=O)c1cnc2ccc3c(c2c1Cl)COCO3. The van der Waals surface area contributed by atoms with Crippen molar-refractivity contribution in [1.82, 2.24) is 4.98 Å². The maximum Gasteiger partial charge on any atom is 0.341 e. The van der Waals surface area contributed by atoms with Crippen LogP contribution in [0.2, 0.25) is 5.02 Å². The highest BCUT2D eigenvalue weighted by Gasteiger charge is 2.21. The second-order valence-electron chi connectivity index (χ2n) is 4.25. The van der Waals surface area contributed by atoms with Gasteiger partial charge in [0.15, 0.2) is 6.79 Å². The Hall–Kier alpha value is -1.85. The molecule has 104 valence electrons. The van der Waals surface area contributed by atoms with Gasteiger partial charge in [0.25, 0.3) is 0 Å². The molecule has 0 saturated carbocycles. The molecule has 1 aromatic heterocycles. The largest absolute Gasteiger partial charge is 0.467 e. The van der Waals surface area contributed by atoms with Crippen LogP contribution in [0.4, 0.5) is 0 Å². The van der Waals surface area contributed by atoms with Crippen molar-refractivity contribution in [2.24, 2.45) is 0 Å². The Kier molecular flexibility index (Phi) is 3.46. The average Bonchev–Trinajstić information content (AvgIpc) is 2.47. The normalized spacial score (nSPS) is 13.7. The predicted octanol–water partition coefficient (Wildman–Crippen LogP) is 2.93. The Morgan fingerprint density at radius 1 is 1.50 bits per heavy atom. The van der Waals surface area contributed by atoms with E-state index >= 15 is 0 Å². The van der Waals surface area contributed by atoms with Crippen molar-refractivity contribution in [3.8, 4) is 5.75 Å². The molecule has 3 rings (SSSR count). The molecule has 0 spiro atoms. The summed E-state index contributed by atoms with van der Waals surface area (Å²) in [5.74, 6) is 0.218. The summed E-state index contributed by atoms with van der Waals surface area (Å²) in [5.41, 5.74) is 1.74. The zero-order valence-electron chi connectivity index (χ0n) is 10.8. The Labute approximate surface area is 120 Å². The van der Waals surface area contributed by atoms with Crippen molar-refractivity contribution in [2.75, 3.05) is 13.4 Å². The summed E-state index contributed by atoms with van der Waals surface area (Å²) in [6.07, 6.45) is 1.43. The van der Waals surface area contributed by atoms with Crippen LogP contribution in [0.15, 0.2) is 18.3 Å². The number of aromatic nitrogens is 1. The van der Waals surface area contributed by atoms with Crippen LogP contribution in [0.5, 0.6) is 5.75 Å². The number of carbonyl (C=O) groups is 1. The molecule has 0 N–H and O–H groups in total. The minimum Gasteiger partial charge on any atom is -0.467 e. The number of rotatable bonds is 2. The van der Waals surface area contributed by atoms with E-state index in [4.69, 9.17) is 25.8 Å². The first-order valence-electron chi connectivity index (χ1n) is 6.20. The van der Waals surface area contributed by atoms with Gasteiger partial charge in [-0.15, -0.1) is 0 Å². The lowest BCUT2D eigenvalue weighted by molar-refractivity contribution is -0.0155. The van der Waals surface area contributed by atoms with Crippen LogP contribution < -0.4 is 4.74 Å². The first kappa shape index (κ1) is 13.1. The number of nitrogens with zero attached hydrogens (tertiary/aromatic N) is 1. The van der Waals surface area contributed by atoms with Crippen LogP contribution in [0, 0.1) is 0 Å². The fourth-order valence-corrected chi connectivity index (χ4v) is 2.51. The number of fused-ring (bicyclic) bond motifs is 3. The predicted molar refractivity (Wildman–Crippen MR) is 73.0 cm³/mol. The molecule has 2 aromatic rings. The number of pyridine rings is 1. The van der Waals surface area contributed by atoms with Crippen molar-refractivity contribution in [3.05, 3.63) is 34.5 Å². The Morgan fingerprint density at radius 2 is 2.35 bits per heavy atom. The molecule has 0 bridgehead atoms. The molecule has 0 saturated heterocycles. The summed E-state index contributed by atoms with van der Waals surface area (Å²) >= 11 is 6.36. The third-order valence-corrected chi connectivity index (χ3v) is 3.47. The second kappa shape index (κ2) is 5.26. The lowest BCUT2D eigenvalue weighted by atomic mass is 10.1. The molecule has 1 aliphatic rings. The van der Waals surface area contributed by atoms with Gasteiger partial charge in [0, 0.05) is 17.1 Å². The van der Waals surface area contributed by atoms with E-state index < -0.39 is 5.97 Å². The highest BCUT2D eigenvalue weighted by Crippen LogP contribution is 2.36. The third-order valence-electron chi connectivity index (χ3n) is 3.08. The number of halogens is 1. The molecule has 0 amide bonds. The molecular formula is C14H12ClNO4. The molecule has 1 aromatic carbocycles. The summed E-state index contributed by atoms with van der Waals surface area (Å²) in [6.45, 7) is 2.61. The van der Waals surface area contributed by atoms with Gasteiger partial charge in [0.05, 0.1) is 29.3 Å². The highest BCUT2D eigenvalue weighted by molar-refractivity contribution is 6.38. The van der Waals surface area contributed by atoms with E-state index in [9.17, 15) is 4.79 Å². The highest BCUT2D eigenvalue weighted by atomic mass is 35.5. The van der Waals surface area contributed by atoms with Gasteiger partial charge in [-0.2, -0.15) is 0 Å². The van der Waals surface area contributed by atoms with E-state index in [2.05, 4.69) is 4.98 Å². The second-order valence-corrected chi connectivity index (χ2v) is 4.63. The van der Waals surface area contributed by atoms with Crippen LogP contribution >= 0.6 is 11.6 Å². The first-order chi connectivity index (χ1) is 9.72. The van der Waals surface area contributed by atoms with E-state index in [-0.39, 0.29) is 19.0 Å². The zero-order chi connectivity index (χ0) is 14.1. The Balaban J connectivity index is 2.22. The van der Waals surface area contributed by atoms with Gasteiger partial charge >= 0.3 is 5.97 Å². The van der Waals surface area contributed by atoms with Crippen LogP contribution in [-0.2, 0) is 16.1 Å². The zero-order valence-corrected chi connectivity index (χ0v) is 11.6. The fourth-order valence-electron chi connectivity index (χ4n) is 2.17. The Bertz CT molecular complexity index is 686. The maximum absolute atomic E-state index is 11.9. The summed E-state index contributed by atoms with van der Waals surface area (Å²) in [5, 5.41) is 0.994. The molecule has 0 fully saturated rings. The van der Waals surface area contributed by atoms with Crippen molar-refractivity contribution in [2.45, 2.75) is 13.5 Å². The summed E-state index contributed by atoms with van der Waals surface area (Å²) in [4.78, 5) is 16.1. The van der Waals surface area contributed by atoms with Crippen LogP contribution in [0.1, 0.15) is 22.8 Å². The maximum atomic E-state index is 11.9. The Morgan fingerprint density at radius 3 is 3.15 bits per heavy atom. The van der Waals surface area contributed by atoms with E-state index in [0.717, 1.165) is 5.56 Å². The van der Waals surface area contributed by atoms with Crippen molar-refractivity contribution >= 4 is 28.5 Å². The van der Waals surface area contributed by atoms with Crippen molar-refractivity contribution in [1.29, 1.82) is 0 Å². The molecule has 1 aliphatic heterocycles. The van der Waals surface area contributed by atoms with Crippen molar-refractivity contribution in [3.63, 3.8) is 0 Å². The molecule has 0 atom stereocenters. The summed E-state index contributed by atoms with van der Waals surface area (Å²) in [6, 6.07) is 3.63. The minimum absolute atomic E-state index is 0.209. The van der Waals surface area contributed by atoms with Gasteiger partial charge in [0.1, 0.15) is 5.75 Å². The molecule has 6 heteroatoms. The number of esters is 1. The lowest BCUT2D eigenvalue weighted by Crippen LogP contribution is -2.13. The quantitative estimate of drug-likeness (QED) is 0.797. The van der Waals surface area contributed by atoms with E-state index in [1.807, 2.05) is 6.07 Å². The van der Waals surface area contributed by atoms with E-state index in [0.29, 0.717) is 28.3 Å². The van der Waals surface area contributed by atoms with Crippen molar-refractivity contribution < 1.29 is 19.0 Å². The van der Waals surface area contributed by atoms with Crippen LogP contribution in [-0.4, -0.2) is 24.4 Å². The topological polar surface area (TPSA) is 57.7 Å². The number of benzene rings is 1. The smallest absolute Gasteiger partial charge is 0.341 e. The van der Waals surface area contributed by atoms with Crippen LogP contribution in [0.25, 0.3) is 10.9 Å². The standard InChI is InChI=1S/C14H12ClNO4/c1-2-19-14(17)8-5-16-10-3-4-11-9(6-18-7-20-11)12(10)13(8)15/h3-5H,2,6-7H2,1H3.